The minimum absolute atomic E-state index is 0.190. The van der Waals surface area contributed by atoms with Gasteiger partial charge in [-0.1, -0.05) is 38.8 Å². The lowest BCUT2D eigenvalue weighted by molar-refractivity contribution is 0.327. The summed E-state index contributed by atoms with van der Waals surface area (Å²) in [5, 5.41) is 3.81. The summed E-state index contributed by atoms with van der Waals surface area (Å²) in [4.78, 5) is 2.33. The van der Waals surface area contributed by atoms with Gasteiger partial charge in [-0.2, -0.15) is 0 Å². The van der Waals surface area contributed by atoms with Crippen LogP contribution in [0.3, 0.4) is 0 Å². The molecule has 0 spiro atoms. The van der Waals surface area contributed by atoms with E-state index in [9.17, 15) is 4.39 Å². The molecule has 1 fully saturated rings. The first-order chi connectivity index (χ1) is 9.52. The molecule has 1 aromatic carbocycles. The van der Waals surface area contributed by atoms with Gasteiger partial charge in [0, 0.05) is 30.9 Å². The Hall–Kier alpha value is -0.800. The van der Waals surface area contributed by atoms with E-state index in [4.69, 9.17) is 11.6 Å². The Bertz CT molecular complexity index is 450. The van der Waals surface area contributed by atoms with Crippen molar-refractivity contribution in [2.45, 2.75) is 45.7 Å². The molecular formula is C16H24ClFN2. The zero-order chi connectivity index (χ0) is 14.7. The lowest BCUT2D eigenvalue weighted by Gasteiger charge is -2.44. The summed E-state index contributed by atoms with van der Waals surface area (Å²) in [6, 6.07) is 6.01. The largest absolute Gasteiger partial charge is 0.365 e. The molecule has 0 aromatic heterocycles. The highest BCUT2D eigenvalue weighted by atomic mass is 35.5. The highest BCUT2D eigenvalue weighted by Gasteiger charge is 2.29. The van der Waals surface area contributed by atoms with Crippen LogP contribution in [0.1, 0.15) is 33.6 Å². The van der Waals surface area contributed by atoms with Crippen molar-refractivity contribution in [1.29, 1.82) is 0 Å². The summed E-state index contributed by atoms with van der Waals surface area (Å²) >= 11 is 5.79. The topological polar surface area (TPSA) is 15.3 Å². The van der Waals surface area contributed by atoms with Crippen molar-refractivity contribution in [3.63, 3.8) is 0 Å². The van der Waals surface area contributed by atoms with Crippen molar-refractivity contribution in [3.05, 3.63) is 29.0 Å². The molecule has 2 rings (SSSR count). The SMILES string of the molecule is CCCC1CN(c2ccc(Cl)c(F)c2)C(C(C)C)CN1. The number of halogens is 2. The smallest absolute Gasteiger partial charge is 0.143 e. The number of benzene rings is 1. The highest BCUT2D eigenvalue weighted by molar-refractivity contribution is 6.30. The summed E-state index contributed by atoms with van der Waals surface area (Å²) in [5.41, 5.74) is 0.938. The summed E-state index contributed by atoms with van der Waals surface area (Å²) < 4.78 is 13.7. The van der Waals surface area contributed by atoms with Crippen molar-refractivity contribution in [1.82, 2.24) is 5.32 Å². The molecule has 2 nitrogen and oxygen atoms in total. The molecule has 1 saturated heterocycles. The fourth-order valence-corrected chi connectivity index (χ4v) is 3.05. The van der Waals surface area contributed by atoms with Gasteiger partial charge in [0.15, 0.2) is 0 Å². The molecule has 1 aliphatic rings. The van der Waals surface area contributed by atoms with Gasteiger partial charge >= 0.3 is 0 Å². The maximum Gasteiger partial charge on any atom is 0.143 e. The van der Waals surface area contributed by atoms with Gasteiger partial charge in [-0.15, -0.1) is 0 Å². The van der Waals surface area contributed by atoms with Gasteiger partial charge in [-0.25, -0.2) is 4.39 Å². The summed E-state index contributed by atoms with van der Waals surface area (Å²) in [6.45, 7) is 8.50. The average molecular weight is 299 g/mol. The number of piperazine rings is 1. The molecule has 0 radical (unpaired) electrons. The molecule has 0 aliphatic carbocycles. The van der Waals surface area contributed by atoms with E-state index in [1.165, 1.54) is 0 Å². The summed E-state index contributed by atoms with van der Waals surface area (Å²) in [6.07, 6.45) is 2.31. The highest BCUT2D eigenvalue weighted by Crippen LogP contribution is 2.27. The van der Waals surface area contributed by atoms with Gasteiger partial charge in [0.2, 0.25) is 0 Å². The van der Waals surface area contributed by atoms with Gasteiger partial charge in [-0.3, -0.25) is 0 Å². The quantitative estimate of drug-likeness (QED) is 0.901. The second-order valence-corrected chi connectivity index (χ2v) is 6.36. The predicted molar refractivity (Wildman–Crippen MR) is 84.1 cm³/mol. The molecule has 1 N–H and O–H groups in total. The molecule has 0 amide bonds. The Morgan fingerprint density at radius 3 is 2.80 bits per heavy atom. The molecule has 2 atom stereocenters. The van der Waals surface area contributed by atoms with Crippen LogP contribution < -0.4 is 10.2 Å². The van der Waals surface area contributed by atoms with E-state index in [0.29, 0.717) is 18.0 Å². The number of nitrogens with one attached hydrogen (secondary N) is 1. The molecule has 20 heavy (non-hydrogen) atoms. The Kier molecular flexibility index (Phi) is 5.28. The fourth-order valence-electron chi connectivity index (χ4n) is 2.93. The molecular weight excluding hydrogens is 275 g/mol. The third kappa shape index (κ3) is 3.44. The first kappa shape index (κ1) is 15.6. The van der Waals surface area contributed by atoms with E-state index < -0.39 is 0 Å². The first-order valence-electron chi connectivity index (χ1n) is 7.48. The van der Waals surface area contributed by atoms with Crippen LogP contribution >= 0.6 is 11.6 Å². The first-order valence-corrected chi connectivity index (χ1v) is 7.85. The molecule has 0 saturated carbocycles. The second-order valence-electron chi connectivity index (χ2n) is 5.96. The monoisotopic (exact) mass is 298 g/mol. The zero-order valence-electron chi connectivity index (χ0n) is 12.5. The predicted octanol–water partition coefficient (Wildman–Crippen LogP) is 4.08. The Balaban J connectivity index is 2.24. The van der Waals surface area contributed by atoms with Crippen LogP contribution in [0.5, 0.6) is 0 Å². The van der Waals surface area contributed by atoms with Crippen LogP contribution in [0.25, 0.3) is 0 Å². The minimum Gasteiger partial charge on any atom is -0.365 e. The van der Waals surface area contributed by atoms with E-state index in [0.717, 1.165) is 31.6 Å². The van der Waals surface area contributed by atoms with E-state index >= 15 is 0 Å². The van der Waals surface area contributed by atoms with Crippen molar-refractivity contribution in [3.8, 4) is 0 Å². The molecule has 1 heterocycles. The Morgan fingerprint density at radius 1 is 1.45 bits per heavy atom. The minimum atomic E-state index is -0.336. The number of nitrogens with zero attached hydrogens (tertiary/aromatic N) is 1. The fraction of sp³-hybridized carbons (Fsp3) is 0.625. The van der Waals surface area contributed by atoms with Crippen LogP contribution in [-0.4, -0.2) is 25.2 Å². The lowest BCUT2D eigenvalue weighted by Crippen LogP contribution is -2.58. The molecule has 112 valence electrons. The molecule has 0 bridgehead atoms. The van der Waals surface area contributed by atoms with Gasteiger partial charge in [0.1, 0.15) is 5.82 Å². The average Bonchev–Trinajstić information content (AvgIpc) is 2.42. The van der Waals surface area contributed by atoms with Crippen LogP contribution in [0.2, 0.25) is 5.02 Å². The summed E-state index contributed by atoms with van der Waals surface area (Å²) in [5.74, 6) is 0.182. The maximum absolute atomic E-state index is 13.7. The van der Waals surface area contributed by atoms with Crippen LogP contribution in [0, 0.1) is 11.7 Å². The third-order valence-corrected chi connectivity index (χ3v) is 4.38. The maximum atomic E-state index is 13.7. The van der Waals surface area contributed by atoms with Gasteiger partial charge in [0.05, 0.1) is 5.02 Å². The van der Waals surface area contributed by atoms with E-state index in [2.05, 4.69) is 31.0 Å². The lowest BCUT2D eigenvalue weighted by atomic mass is 9.96. The van der Waals surface area contributed by atoms with Crippen molar-refractivity contribution < 1.29 is 4.39 Å². The van der Waals surface area contributed by atoms with Crippen LogP contribution in [0.4, 0.5) is 10.1 Å². The van der Waals surface area contributed by atoms with Crippen molar-refractivity contribution in [2.24, 2.45) is 5.92 Å². The van der Waals surface area contributed by atoms with Crippen molar-refractivity contribution in [2.75, 3.05) is 18.0 Å². The second kappa shape index (κ2) is 6.77. The Morgan fingerprint density at radius 2 is 2.20 bits per heavy atom. The van der Waals surface area contributed by atoms with E-state index in [-0.39, 0.29) is 10.8 Å². The Labute approximate surface area is 126 Å². The standard InChI is InChI=1S/C16H24ClFN2/c1-4-5-12-10-20(16(9-19-12)11(2)3)13-6-7-14(17)15(18)8-13/h6-8,11-12,16,19H,4-5,9-10H2,1-3H3. The normalized spacial score (nSPS) is 23.4. The molecule has 1 aromatic rings. The third-order valence-electron chi connectivity index (χ3n) is 4.07. The zero-order valence-corrected chi connectivity index (χ0v) is 13.3. The van der Waals surface area contributed by atoms with Crippen molar-refractivity contribution >= 4 is 17.3 Å². The van der Waals surface area contributed by atoms with E-state index in [1.807, 2.05) is 6.07 Å². The van der Waals surface area contributed by atoms with Crippen LogP contribution in [0.15, 0.2) is 18.2 Å². The summed E-state index contributed by atoms with van der Waals surface area (Å²) in [7, 11) is 0. The molecule has 4 heteroatoms. The van der Waals surface area contributed by atoms with Gasteiger partial charge < -0.3 is 10.2 Å². The molecule has 2 unspecified atom stereocenters. The number of hydrogen-bond acceptors (Lipinski definition) is 2. The number of anilines is 1. The number of rotatable bonds is 4. The number of hydrogen-bond donors (Lipinski definition) is 1. The van der Waals surface area contributed by atoms with Gasteiger partial charge in [-0.05, 0) is 30.5 Å². The van der Waals surface area contributed by atoms with Gasteiger partial charge in [0.25, 0.3) is 0 Å². The molecule has 1 aliphatic heterocycles. The van der Waals surface area contributed by atoms with Crippen LogP contribution in [-0.2, 0) is 0 Å². The van der Waals surface area contributed by atoms with E-state index in [1.54, 1.807) is 12.1 Å².